The van der Waals surface area contributed by atoms with E-state index in [0.29, 0.717) is 17.9 Å². The molecule has 12 heteroatoms. The topological polar surface area (TPSA) is 119 Å². The summed E-state index contributed by atoms with van der Waals surface area (Å²) in [5, 5.41) is 14.3. The Balaban J connectivity index is 1.89. The van der Waals surface area contributed by atoms with Crippen LogP contribution in [0.4, 0.5) is 11.4 Å². The quantitative estimate of drug-likeness (QED) is 0.160. The first-order chi connectivity index (χ1) is 17.1. The van der Waals surface area contributed by atoms with Gasteiger partial charge in [0, 0.05) is 33.8 Å². The van der Waals surface area contributed by atoms with E-state index in [1.807, 2.05) is 30.3 Å². The largest absolute Gasteiger partial charge is 0.495 e. The van der Waals surface area contributed by atoms with Gasteiger partial charge in [0.2, 0.25) is 5.91 Å². The monoisotopic (exact) mass is 549 g/mol. The van der Waals surface area contributed by atoms with E-state index in [-0.39, 0.29) is 27.0 Å². The number of nitrogens with zero attached hydrogens (tertiary/aromatic N) is 2. The van der Waals surface area contributed by atoms with Crippen LogP contribution in [-0.2, 0) is 14.8 Å². The number of benzene rings is 3. The van der Waals surface area contributed by atoms with Crippen molar-refractivity contribution in [1.29, 1.82) is 0 Å². The Morgan fingerprint density at radius 2 is 1.86 bits per heavy atom. The maximum absolute atomic E-state index is 13.7. The molecule has 3 rings (SSSR count). The Morgan fingerprint density at radius 3 is 2.53 bits per heavy atom. The van der Waals surface area contributed by atoms with Crippen molar-refractivity contribution in [3.8, 4) is 5.75 Å². The van der Waals surface area contributed by atoms with E-state index < -0.39 is 27.4 Å². The van der Waals surface area contributed by atoms with Crippen LogP contribution in [0.15, 0.2) is 76.5 Å². The summed E-state index contributed by atoms with van der Waals surface area (Å²) in [6.45, 7) is 1.22. The molecule has 0 saturated carbocycles. The third-order valence-corrected chi connectivity index (χ3v) is 8.10. The van der Waals surface area contributed by atoms with Gasteiger partial charge < -0.3 is 10.1 Å². The lowest BCUT2D eigenvalue weighted by molar-refractivity contribution is -0.385. The number of methoxy groups -OCH3 is 1. The fraction of sp³-hybridized carbons (Fsp3) is 0.208. The smallest absolute Gasteiger partial charge is 0.273 e. The van der Waals surface area contributed by atoms with Crippen molar-refractivity contribution >= 4 is 50.7 Å². The molecule has 1 amide bonds. The zero-order chi connectivity index (χ0) is 26.3. The van der Waals surface area contributed by atoms with E-state index in [4.69, 9.17) is 16.3 Å². The number of aryl methyl sites for hydroxylation is 1. The highest BCUT2D eigenvalue weighted by Crippen LogP contribution is 2.35. The first-order valence-electron chi connectivity index (χ1n) is 10.7. The van der Waals surface area contributed by atoms with Crippen LogP contribution in [0, 0.1) is 17.0 Å². The molecule has 0 bridgehead atoms. The maximum Gasteiger partial charge on any atom is 0.273 e. The number of ether oxygens (including phenoxy) is 1. The number of nitro benzene ring substituents is 1. The molecule has 9 nitrogen and oxygen atoms in total. The molecule has 0 aliphatic carbocycles. The molecule has 0 aliphatic rings. The lowest BCUT2D eigenvalue weighted by atomic mass is 10.2. The average Bonchev–Trinajstić information content (AvgIpc) is 2.85. The van der Waals surface area contributed by atoms with Gasteiger partial charge in [-0.05, 0) is 43.3 Å². The van der Waals surface area contributed by atoms with Crippen molar-refractivity contribution in [2.75, 3.05) is 30.3 Å². The van der Waals surface area contributed by atoms with Gasteiger partial charge in [-0.1, -0.05) is 35.9 Å². The molecule has 0 aromatic heterocycles. The van der Waals surface area contributed by atoms with Gasteiger partial charge in [-0.25, -0.2) is 8.42 Å². The Morgan fingerprint density at radius 1 is 1.14 bits per heavy atom. The van der Waals surface area contributed by atoms with Crippen molar-refractivity contribution in [3.63, 3.8) is 0 Å². The Labute approximate surface area is 218 Å². The molecule has 0 heterocycles. The van der Waals surface area contributed by atoms with E-state index in [0.717, 1.165) is 15.3 Å². The van der Waals surface area contributed by atoms with Crippen LogP contribution in [0.25, 0.3) is 0 Å². The Hall–Kier alpha value is -3.28. The number of rotatable bonds is 11. The van der Waals surface area contributed by atoms with Gasteiger partial charge in [0.25, 0.3) is 15.7 Å². The zero-order valence-electron chi connectivity index (χ0n) is 19.5. The summed E-state index contributed by atoms with van der Waals surface area (Å²) < 4.78 is 33.5. The molecule has 190 valence electrons. The molecule has 3 aromatic carbocycles. The minimum Gasteiger partial charge on any atom is -0.495 e. The highest BCUT2D eigenvalue weighted by molar-refractivity contribution is 7.99. The number of amides is 1. The van der Waals surface area contributed by atoms with E-state index in [1.54, 1.807) is 11.8 Å². The highest BCUT2D eigenvalue weighted by Gasteiger charge is 2.31. The van der Waals surface area contributed by atoms with E-state index >= 15 is 0 Å². The molecule has 0 atom stereocenters. The zero-order valence-corrected chi connectivity index (χ0v) is 21.9. The van der Waals surface area contributed by atoms with E-state index in [1.165, 1.54) is 44.4 Å². The number of hydrogen-bond acceptors (Lipinski definition) is 7. The number of carbonyl (C=O) groups is 1. The molecule has 0 unspecified atom stereocenters. The van der Waals surface area contributed by atoms with Crippen LogP contribution in [0.1, 0.15) is 5.56 Å². The number of hydrogen-bond donors (Lipinski definition) is 1. The van der Waals surface area contributed by atoms with Crippen molar-refractivity contribution in [3.05, 3.63) is 87.4 Å². The molecule has 0 radical (unpaired) electrons. The van der Waals surface area contributed by atoms with Gasteiger partial charge in [0.15, 0.2) is 0 Å². The number of sulfonamides is 1. The van der Waals surface area contributed by atoms with Crippen LogP contribution in [0.5, 0.6) is 5.75 Å². The van der Waals surface area contributed by atoms with Gasteiger partial charge in [0.05, 0.1) is 22.6 Å². The summed E-state index contributed by atoms with van der Waals surface area (Å²) in [5.74, 6) is 0.181. The van der Waals surface area contributed by atoms with E-state index in [2.05, 4.69) is 5.32 Å². The lowest BCUT2D eigenvalue weighted by Gasteiger charge is -2.26. The summed E-state index contributed by atoms with van der Waals surface area (Å²) in [4.78, 5) is 24.3. The third kappa shape index (κ3) is 6.68. The lowest BCUT2D eigenvalue weighted by Crippen LogP contribution is -2.41. The standard InChI is InChI=1S/C24H24ClN3O6S2/c1-17-8-10-20(15-21(17)28(30)31)36(32,33)27(22-14-18(25)9-11-23(22)34-2)16-24(29)26-12-13-35-19-6-4-3-5-7-19/h3-11,14-15H,12-13,16H2,1-2H3,(H,26,29). The number of halogens is 1. The van der Waals surface area contributed by atoms with Gasteiger partial charge in [0.1, 0.15) is 12.3 Å². The normalized spacial score (nSPS) is 11.1. The maximum atomic E-state index is 13.7. The summed E-state index contributed by atoms with van der Waals surface area (Å²) in [7, 11) is -3.06. The van der Waals surface area contributed by atoms with Crippen LogP contribution in [-0.4, -0.2) is 45.2 Å². The molecule has 0 spiro atoms. The molecular weight excluding hydrogens is 526 g/mol. The molecule has 1 N–H and O–H groups in total. The number of thioether (sulfide) groups is 1. The molecule has 36 heavy (non-hydrogen) atoms. The Kier molecular flexibility index (Phi) is 9.19. The van der Waals surface area contributed by atoms with Crippen molar-refractivity contribution in [1.82, 2.24) is 5.32 Å². The van der Waals surface area contributed by atoms with E-state index in [9.17, 15) is 23.3 Å². The van der Waals surface area contributed by atoms with Crippen LogP contribution in [0.3, 0.4) is 0 Å². The minimum atomic E-state index is -4.42. The predicted molar refractivity (Wildman–Crippen MR) is 141 cm³/mol. The highest BCUT2D eigenvalue weighted by atomic mass is 35.5. The molecule has 0 saturated heterocycles. The second-order valence-corrected chi connectivity index (χ2v) is 11.0. The second-order valence-electron chi connectivity index (χ2n) is 7.54. The molecule has 0 fully saturated rings. The van der Waals surface area contributed by atoms with Crippen LogP contribution >= 0.6 is 23.4 Å². The van der Waals surface area contributed by atoms with Crippen LogP contribution < -0.4 is 14.4 Å². The summed E-state index contributed by atoms with van der Waals surface area (Å²) in [6.07, 6.45) is 0. The second kappa shape index (κ2) is 12.1. The fourth-order valence-electron chi connectivity index (χ4n) is 3.29. The number of nitro groups is 1. The summed E-state index contributed by atoms with van der Waals surface area (Å²) in [6, 6.07) is 17.6. The first kappa shape index (κ1) is 27.3. The molecule has 0 aliphatic heterocycles. The first-order valence-corrected chi connectivity index (χ1v) is 13.5. The Bertz CT molecular complexity index is 1350. The average molecular weight is 550 g/mol. The summed E-state index contributed by atoms with van der Waals surface area (Å²) in [5.41, 5.74) is -0.0157. The SMILES string of the molecule is COc1ccc(Cl)cc1N(CC(=O)NCCSc1ccccc1)S(=O)(=O)c1ccc(C)c([N+](=O)[O-])c1. The van der Waals surface area contributed by atoms with Crippen molar-refractivity contribution in [2.45, 2.75) is 16.7 Å². The van der Waals surface area contributed by atoms with Crippen molar-refractivity contribution < 1.29 is 22.9 Å². The molecular formula is C24H24ClN3O6S2. The number of carbonyl (C=O) groups excluding carboxylic acids is 1. The van der Waals surface area contributed by atoms with Gasteiger partial charge in [-0.15, -0.1) is 11.8 Å². The van der Waals surface area contributed by atoms with Gasteiger partial charge >= 0.3 is 0 Å². The fourth-order valence-corrected chi connectivity index (χ4v) is 5.69. The van der Waals surface area contributed by atoms with Gasteiger partial charge in [-0.2, -0.15) is 0 Å². The van der Waals surface area contributed by atoms with Gasteiger partial charge in [-0.3, -0.25) is 19.2 Å². The third-order valence-electron chi connectivity index (χ3n) is 5.10. The minimum absolute atomic E-state index is 0.0297. The number of nitrogens with one attached hydrogen (secondary N) is 1. The summed E-state index contributed by atoms with van der Waals surface area (Å²) >= 11 is 7.67. The van der Waals surface area contributed by atoms with Crippen LogP contribution in [0.2, 0.25) is 5.02 Å². The van der Waals surface area contributed by atoms with Crippen molar-refractivity contribution in [2.24, 2.45) is 0 Å². The molecule has 3 aromatic rings. The number of anilines is 1. The predicted octanol–water partition coefficient (Wildman–Crippen LogP) is 4.67.